The molecule has 21 heavy (non-hydrogen) atoms. The van der Waals surface area contributed by atoms with Crippen LogP contribution < -0.4 is 5.32 Å². The molecule has 0 amide bonds. The highest BCUT2D eigenvalue weighted by atomic mass is 32.2. The Morgan fingerprint density at radius 2 is 2.00 bits per heavy atom. The van der Waals surface area contributed by atoms with E-state index in [9.17, 15) is 8.42 Å². The van der Waals surface area contributed by atoms with Crippen LogP contribution in [0.15, 0.2) is 47.8 Å². The summed E-state index contributed by atoms with van der Waals surface area (Å²) in [7, 11) is -0.411. The smallest absolute Gasteiger partial charge is 0.242 e. The SMILES string of the molecule is CC(Nc1cccc(S(=O)(=O)N(C)C)c1)c1cnccn1. The zero-order valence-corrected chi connectivity index (χ0v) is 13.0. The van der Waals surface area contributed by atoms with E-state index in [2.05, 4.69) is 15.3 Å². The van der Waals surface area contributed by atoms with Crippen LogP contribution >= 0.6 is 0 Å². The molecule has 0 saturated heterocycles. The van der Waals surface area contributed by atoms with Gasteiger partial charge in [-0.2, -0.15) is 0 Å². The summed E-state index contributed by atoms with van der Waals surface area (Å²) < 4.78 is 25.4. The highest BCUT2D eigenvalue weighted by molar-refractivity contribution is 7.89. The number of nitrogens with one attached hydrogen (secondary N) is 1. The quantitative estimate of drug-likeness (QED) is 0.913. The van der Waals surface area contributed by atoms with Crippen LogP contribution in [0.4, 0.5) is 5.69 Å². The zero-order chi connectivity index (χ0) is 15.5. The number of hydrogen-bond acceptors (Lipinski definition) is 5. The van der Waals surface area contributed by atoms with Crippen LogP contribution in [0.1, 0.15) is 18.7 Å². The molecule has 0 aliphatic heterocycles. The minimum atomic E-state index is -3.43. The zero-order valence-electron chi connectivity index (χ0n) is 12.2. The first-order valence-corrected chi connectivity index (χ1v) is 7.90. The molecule has 0 aliphatic rings. The summed E-state index contributed by atoms with van der Waals surface area (Å²) in [6, 6.07) is 6.65. The molecule has 0 spiro atoms. The average Bonchev–Trinajstić information content (AvgIpc) is 2.48. The molecule has 1 heterocycles. The van der Waals surface area contributed by atoms with Crippen LogP contribution in [-0.4, -0.2) is 36.8 Å². The van der Waals surface area contributed by atoms with Gasteiger partial charge >= 0.3 is 0 Å². The second kappa shape index (κ2) is 6.19. The number of benzene rings is 1. The molecule has 0 fully saturated rings. The van der Waals surface area contributed by atoms with Crippen molar-refractivity contribution in [2.24, 2.45) is 0 Å². The number of sulfonamides is 1. The Kier molecular flexibility index (Phi) is 4.54. The maximum absolute atomic E-state index is 12.1. The first-order chi connectivity index (χ1) is 9.91. The van der Waals surface area contributed by atoms with Crippen molar-refractivity contribution in [1.29, 1.82) is 0 Å². The second-order valence-corrected chi connectivity index (χ2v) is 6.96. The molecule has 1 N–H and O–H groups in total. The minimum absolute atomic E-state index is 0.0731. The van der Waals surface area contributed by atoms with Crippen molar-refractivity contribution in [2.75, 3.05) is 19.4 Å². The fourth-order valence-corrected chi connectivity index (χ4v) is 2.76. The summed E-state index contributed by atoms with van der Waals surface area (Å²) in [5, 5.41) is 3.22. The molecule has 1 aromatic carbocycles. The van der Waals surface area contributed by atoms with Crippen LogP contribution in [0.3, 0.4) is 0 Å². The largest absolute Gasteiger partial charge is 0.377 e. The second-order valence-electron chi connectivity index (χ2n) is 4.81. The van der Waals surface area contributed by atoms with E-state index in [1.807, 2.05) is 13.0 Å². The van der Waals surface area contributed by atoms with Crippen LogP contribution in [0.5, 0.6) is 0 Å². The topological polar surface area (TPSA) is 75.2 Å². The first kappa shape index (κ1) is 15.4. The number of nitrogens with zero attached hydrogens (tertiary/aromatic N) is 3. The number of hydrogen-bond donors (Lipinski definition) is 1. The molecular formula is C14H18N4O2S. The molecule has 6 nitrogen and oxygen atoms in total. The Bertz CT molecular complexity index is 702. The summed E-state index contributed by atoms with van der Waals surface area (Å²) >= 11 is 0. The Labute approximate surface area is 124 Å². The molecule has 0 bridgehead atoms. The Balaban J connectivity index is 2.23. The molecule has 1 aromatic heterocycles. The predicted octanol–water partition coefficient (Wildman–Crippen LogP) is 1.90. The molecule has 2 rings (SSSR count). The average molecular weight is 306 g/mol. The third-order valence-electron chi connectivity index (χ3n) is 3.02. The summed E-state index contributed by atoms with van der Waals surface area (Å²) in [5.41, 5.74) is 1.51. The van der Waals surface area contributed by atoms with Gasteiger partial charge in [-0.1, -0.05) is 6.07 Å². The van der Waals surface area contributed by atoms with Gasteiger partial charge in [0.1, 0.15) is 0 Å². The van der Waals surface area contributed by atoms with Gasteiger partial charge in [0.05, 0.1) is 22.8 Å². The maximum Gasteiger partial charge on any atom is 0.242 e. The van der Waals surface area contributed by atoms with Gasteiger partial charge in [-0.15, -0.1) is 0 Å². The third-order valence-corrected chi connectivity index (χ3v) is 4.83. The van der Waals surface area contributed by atoms with E-state index in [-0.39, 0.29) is 10.9 Å². The van der Waals surface area contributed by atoms with Crippen molar-refractivity contribution >= 4 is 15.7 Å². The molecule has 2 aromatic rings. The van der Waals surface area contributed by atoms with E-state index in [0.717, 1.165) is 11.4 Å². The lowest BCUT2D eigenvalue weighted by Gasteiger charge is -2.16. The Hall–Kier alpha value is -1.99. The predicted molar refractivity (Wildman–Crippen MR) is 81.4 cm³/mol. The molecule has 0 radical (unpaired) electrons. The van der Waals surface area contributed by atoms with Crippen molar-refractivity contribution in [3.63, 3.8) is 0 Å². The standard InChI is InChI=1S/C14H18N4O2S/c1-11(14-10-15-7-8-16-14)17-12-5-4-6-13(9-12)21(19,20)18(2)3/h4-11,17H,1-3H3. The Morgan fingerprint density at radius 1 is 1.24 bits per heavy atom. The maximum atomic E-state index is 12.1. The van der Waals surface area contributed by atoms with Crippen LogP contribution in [0, 0.1) is 0 Å². The summed E-state index contributed by atoms with van der Waals surface area (Å²) in [6.45, 7) is 1.94. The van der Waals surface area contributed by atoms with Gasteiger partial charge in [0.2, 0.25) is 10.0 Å². The number of aromatic nitrogens is 2. The van der Waals surface area contributed by atoms with Gasteiger partial charge in [0, 0.05) is 32.2 Å². The fourth-order valence-electron chi connectivity index (χ4n) is 1.82. The minimum Gasteiger partial charge on any atom is -0.377 e. The molecule has 112 valence electrons. The van der Waals surface area contributed by atoms with E-state index in [0.29, 0.717) is 0 Å². The van der Waals surface area contributed by atoms with E-state index < -0.39 is 10.0 Å². The van der Waals surface area contributed by atoms with Crippen LogP contribution in [-0.2, 0) is 10.0 Å². The van der Waals surface area contributed by atoms with Gasteiger partial charge in [0.15, 0.2) is 0 Å². The third kappa shape index (κ3) is 3.56. The van der Waals surface area contributed by atoms with E-state index in [1.54, 1.807) is 36.8 Å². The van der Waals surface area contributed by atoms with Crippen molar-refractivity contribution < 1.29 is 8.42 Å². The molecule has 1 atom stereocenters. The summed E-state index contributed by atoms with van der Waals surface area (Å²) in [5.74, 6) is 0. The van der Waals surface area contributed by atoms with Crippen molar-refractivity contribution in [3.8, 4) is 0 Å². The van der Waals surface area contributed by atoms with Crippen molar-refractivity contribution in [3.05, 3.63) is 48.5 Å². The molecule has 0 aliphatic carbocycles. The lowest BCUT2D eigenvalue weighted by atomic mass is 10.2. The number of rotatable bonds is 5. The van der Waals surface area contributed by atoms with Gasteiger partial charge in [-0.3, -0.25) is 9.97 Å². The highest BCUT2D eigenvalue weighted by Crippen LogP contribution is 2.21. The summed E-state index contributed by atoms with van der Waals surface area (Å²) in [6.07, 6.45) is 4.92. The lowest BCUT2D eigenvalue weighted by molar-refractivity contribution is 0.521. The number of anilines is 1. The molecule has 1 unspecified atom stereocenters. The Morgan fingerprint density at radius 3 is 2.62 bits per heavy atom. The lowest BCUT2D eigenvalue weighted by Crippen LogP contribution is -2.22. The van der Waals surface area contributed by atoms with Crippen LogP contribution in [0.25, 0.3) is 0 Å². The van der Waals surface area contributed by atoms with Crippen molar-refractivity contribution in [1.82, 2.24) is 14.3 Å². The van der Waals surface area contributed by atoms with Gasteiger partial charge in [0.25, 0.3) is 0 Å². The van der Waals surface area contributed by atoms with Gasteiger partial charge in [-0.25, -0.2) is 12.7 Å². The molecule has 7 heteroatoms. The normalized spacial score (nSPS) is 13.1. The van der Waals surface area contributed by atoms with Crippen molar-refractivity contribution in [2.45, 2.75) is 17.9 Å². The van der Waals surface area contributed by atoms with Gasteiger partial charge in [-0.05, 0) is 25.1 Å². The van der Waals surface area contributed by atoms with E-state index in [4.69, 9.17) is 0 Å². The van der Waals surface area contributed by atoms with Gasteiger partial charge < -0.3 is 5.32 Å². The molecular weight excluding hydrogens is 288 g/mol. The van der Waals surface area contributed by atoms with E-state index in [1.165, 1.54) is 18.4 Å². The highest BCUT2D eigenvalue weighted by Gasteiger charge is 2.17. The fraction of sp³-hybridized carbons (Fsp3) is 0.286. The van der Waals surface area contributed by atoms with E-state index >= 15 is 0 Å². The monoisotopic (exact) mass is 306 g/mol. The van der Waals surface area contributed by atoms with Crippen LogP contribution in [0.2, 0.25) is 0 Å². The summed E-state index contributed by atoms with van der Waals surface area (Å²) in [4.78, 5) is 8.50. The first-order valence-electron chi connectivity index (χ1n) is 6.46. The molecule has 0 saturated carbocycles.